The monoisotopic (exact) mass is 281 g/mol. The average molecular weight is 281 g/mol. The fourth-order valence-electron chi connectivity index (χ4n) is 2.06. The molecule has 0 bridgehead atoms. The zero-order valence-corrected chi connectivity index (χ0v) is 11.9. The van der Waals surface area contributed by atoms with E-state index in [1.165, 1.54) is 0 Å². The van der Waals surface area contributed by atoms with Gasteiger partial charge in [0.15, 0.2) is 17.3 Å². The lowest BCUT2D eigenvalue weighted by Gasteiger charge is -2.18. The van der Waals surface area contributed by atoms with Crippen molar-refractivity contribution in [1.82, 2.24) is 0 Å². The summed E-state index contributed by atoms with van der Waals surface area (Å²) in [5.41, 5.74) is 6.03. The molecule has 1 aliphatic heterocycles. The molecule has 1 unspecified atom stereocenters. The summed E-state index contributed by atoms with van der Waals surface area (Å²) < 4.78 is 11.3. The zero-order chi connectivity index (χ0) is 13.7. The van der Waals surface area contributed by atoms with Crippen LogP contribution in [-0.4, -0.2) is 37.0 Å². The SMILES string of the molecule is COc1cccc(C(=O)CCN)c1OC1CCSC1. The second-order valence-electron chi connectivity index (χ2n) is 4.40. The number of benzene rings is 1. The van der Waals surface area contributed by atoms with Crippen molar-refractivity contribution in [3.8, 4) is 11.5 Å². The van der Waals surface area contributed by atoms with Gasteiger partial charge in [-0.3, -0.25) is 4.79 Å². The molecule has 2 rings (SSSR count). The summed E-state index contributed by atoms with van der Waals surface area (Å²) >= 11 is 1.87. The smallest absolute Gasteiger partial charge is 0.172 e. The number of rotatable bonds is 6. The Morgan fingerprint density at radius 2 is 2.37 bits per heavy atom. The highest BCUT2D eigenvalue weighted by Gasteiger charge is 2.23. The number of carbonyl (C=O) groups excluding carboxylic acids is 1. The lowest BCUT2D eigenvalue weighted by Crippen LogP contribution is -2.18. The molecule has 104 valence electrons. The van der Waals surface area contributed by atoms with Crippen molar-refractivity contribution < 1.29 is 14.3 Å². The lowest BCUT2D eigenvalue weighted by atomic mass is 10.1. The largest absolute Gasteiger partial charge is 0.493 e. The predicted octanol–water partition coefficient (Wildman–Crippen LogP) is 2.11. The van der Waals surface area contributed by atoms with Gasteiger partial charge in [0.25, 0.3) is 0 Å². The van der Waals surface area contributed by atoms with Gasteiger partial charge < -0.3 is 15.2 Å². The summed E-state index contributed by atoms with van der Waals surface area (Å²) in [4.78, 5) is 12.1. The maximum absolute atomic E-state index is 12.1. The minimum atomic E-state index is 0.00190. The number of ketones is 1. The van der Waals surface area contributed by atoms with Crippen LogP contribution in [0.4, 0.5) is 0 Å². The van der Waals surface area contributed by atoms with Gasteiger partial charge in [0.05, 0.1) is 12.7 Å². The number of methoxy groups -OCH3 is 1. The Morgan fingerprint density at radius 1 is 1.53 bits per heavy atom. The summed E-state index contributed by atoms with van der Waals surface area (Å²) in [7, 11) is 1.59. The summed E-state index contributed by atoms with van der Waals surface area (Å²) in [6.45, 7) is 0.342. The van der Waals surface area contributed by atoms with Crippen molar-refractivity contribution in [2.45, 2.75) is 18.9 Å². The van der Waals surface area contributed by atoms with E-state index in [9.17, 15) is 4.79 Å². The van der Waals surface area contributed by atoms with Gasteiger partial charge in [-0.25, -0.2) is 0 Å². The first-order valence-electron chi connectivity index (χ1n) is 6.41. The second kappa shape index (κ2) is 6.82. The van der Waals surface area contributed by atoms with E-state index in [0.29, 0.717) is 30.0 Å². The molecule has 0 aromatic heterocycles. The highest BCUT2D eigenvalue weighted by atomic mass is 32.2. The average Bonchev–Trinajstić information content (AvgIpc) is 2.92. The van der Waals surface area contributed by atoms with Gasteiger partial charge in [-0.2, -0.15) is 11.8 Å². The number of ether oxygens (including phenoxy) is 2. The van der Waals surface area contributed by atoms with Crippen LogP contribution in [0.1, 0.15) is 23.2 Å². The molecule has 1 fully saturated rings. The molecule has 1 aromatic rings. The van der Waals surface area contributed by atoms with E-state index in [0.717, 1.165) is 17.9 Å². The molecule has 1 heterocycles. The fourth-order valence-corrected chi connectivity index (χ4v) is 3.15. The van der Waals surface area contributed by atoms with Crippen molar-refractivity contribution in [2.24, 2.45) is 5.73 Å². The van der Waals surface area contributed by atoms with Gasteiger partial charge in [-0.15, -0.1) is 0 Å². The van der Waals surface area contributed by atoms with E-state index in [2.05, 4.69) is 0 Å². The Balaban J connectivity index is 2.27. The van der Waals surface area contributed by atoms with Crippen LogP contribution in [0.3, 0.4) is 0 Å². The van der Waals surface area contributed by atoms with Gasteiger partial charge >= 0.3 is 0 Å². The van der Waals surface area contributed by atoms with Crippen molar-refractivity contribution >= 4 is 17.5 Å². The molecule has 0 aliphatic carbocycles. The minimum absolute atomic E-state index is 0.00190. The topological polar surface area (TPSA) is 61.5 Å². The van der Waals surface area contributed by atoms with Crippen LogP contribution in [0.25, 0.3) is 0 Å². The number of nitrogens with two attached hydrogens (primary N) is 1. The van der Waals surface area contributed by atoms with E-state index in [4.69, 9.17) is 15.2 Å². The number of hydrogen-bond acceptors (Lipinski definition) is 5. The third kappa shape index (κ3) is 3.42. The molecule has 1 saturated heterocycles. The predicted molar refractivity (Wildman–Crippen MR) is 77.4 cm³/mol. The van der Waals surface area contributed by atoms with Gasteiger partial charge in [0.2, 0.25) is 0 Å². The van der Waals surface area contributed by atoms with Gasteiger partial charge in [0, 0.05) is 12.2 Å². The molecule has 19 heavy (non-hydrogen) atoms. The molecule has 0 amide bonds. The van der Waals surface area contributed by atoms with Gasteiger partial charge in [0.1, 0.15) is 6.10 Å². The van der Waals surface area contributed by atoms with Crippen molar-refractivity contribution in [2.75, 3.05) is 25.2 Å². The third-order valence-corrected chi connectivity index (χ3v) is 4.17. The number of thioether (sulfide) groups is 1. The number of para-hydroxylation sites is 1. The van der Waals surface area contributed by atoms with Crippen molar-refractivity contribution in [1.29, 1.82) is 0 Å². The Kier molecular flexibility index (Phi) is 5.10. The molecule has 1 aromatic carbocycles. The Bertz CT molecular complexity index is 444. The van der Waals surface area contributed by atoms with Crippen LogP contribution >= 0.6 is 11.8 Å². The van der Waals surface area contributed by atoms with Crippen molar-refractivity contribution in [3.05, 3.63) is 23.8 Å². The first kappa shape index (κ1) is 14.2. The Morgan fingerprint density at radius 3 is 3.00 bits per heavy atom. The molecule has 0 spiro atoms. The van der Waals surface area contributed by atoms with Crippen LogP contribution in [0.2, 0.25) is 0 Å². The van der Waals surface area contributed by atoms with Gasteiger partial charge in [-0.05, 0) is 30.9 Å². The van der Waals surface area contributed by atoms with Crippen LogP contribution in [0.5, 0.6) is 11.5 Å². The normalized spacial score (nSPS) is 18.3. The molecule has 2 N–H and O–H groups in total. The molecule has 5 heteroatoms. The third-order valence-electron chi connectivity index (χ3n) is 3.04. The Hall–Kier alpha value is -1.20. The van der Waals surface area contributed by atoms with Crippen molar-refractivity contribution in [3.63, 3.8) is 0 Å². The first-order chi connectivity index (χ1) is 9.26. The maximum Gasteiger partial charge on any atom is 0.172 e. The highest BCUT2D eigenvalue weighted by Crippen LogP contribution is 2.34. The molecule has 0 saturated carbocycles. The molecule has 0 radical (unpaired) electrons. The van der Waals surface area contributed by atoms with E-state index in [1.54, 1.807) is 19.2 Å². The van der Waals surface area contributed by atoms with E-state index < -0.39 is 0 Å². The van der Waals surface area contributed by atoms with Crippen LogP contribution in [0, 0.1) is 0 Å². The van der Waals surface area contributed by atoms with Crippen LogP contribution in [0.15, 0.2) is 18.2 Å². The fraction of sp³-hybridized carbons (Fsp3) is 0.500. The summed E-state index contributed by atoms with van der Waals surface area (Å²) in [5.74, 6) is 3.24. The quantitative estimate of drug-likeness (QED) is 0.809. The number of Topliss-reactive ketones (excluding diaryl/α,β-unsaturated/α-hetero) is 1. The Labute approximate surface area is 117 Å². The molecular weight excluding hydrogens is 262 g/mol. The van der Waals surface area contributed by atoms with Gasteiger partial charge in [-0.1, -0.05) is 6.07 Å². The van der Waals surface area contributed by atoms with E-state index in [1.807, 2.05) is 17.8 Å². The number of carbonyl (C=O) groups is 1. The molecule has 1 aliphatic rings. The van der Waals surface area contributed by atoms with Crippen LogP contribution in [-0.2, 0) is 0 Å². The van der Waals surface area contributed by atoms with E-state index >= 15 is 0 Å². The highest BCUT2D eigenvalue weighted by molar-refractivity contribution is 7.99. The number of hydrogen-bond donors (Lipinski definition) is 1. The zero-order valence-electron chi connectivity index (χ0n) is 11.1. The van der Waals surface area contributed by atoms with E-state index in [-0.39, 0.29) is 11.9 Å². The lowest BCUT2D eigenvalue weighted by molar-refractivity contribution is 0.0978. The minimum Gasteiger partial charge on any atom is -0.493 e. The standard InChI is InChI=1S/C14H19NO3S/c1-17-13-4-2-3-11(12(16)5-7-15)14(13)18-10-6-8-19-9-10/h2-4,10H,5-9,15H2,1H3. The summed E-state index contributed by atoms with van der Waals surface area (Å²) in [6, 6.07) is 5.40. The summed E-state index contributed by atoms with van der Waals surface area (Å²) in [6.07, 6.45) is 1.49. The maximum atomic E-state index is 12.1. The second-order valence-corrected chi connectivity index (χ2v) is 5.55. The van der Waals surface area contributed by atoms with Crippen LogP contribution < -0.4 is 15.2 Å². The first-order valence-corrected chi connectivity index (χ1v) is 7.56. The molecule has 4 nitrogen and oxygen atoms in total. The summed E-state index contributed by atoms with van der Waals surface area (Å²) in [5, 5.41) is 0. The molecule has 1 atom stereocenters. The molecular formula is C14H19NO3S.